The average molecular weight is 538 g/mol. The second-order valence-electron chi connectivity index (χ2n) is 8.09. The predicted octanol–water partition coefficient (Wildman–Crippen LogP) is 4.52. The number of allylic oxidation sites excluding steroid dienone is 1. The van der Waals surface area contributed by atoms with E-state index in [0.29, 0.717) is 0 Å². The Morgan fingerprint density at radius 2 is 1.43 bits per heavy atom. The second-order valence-corrected chi connectivity index (χ2v) is 10.1. The number of ether oxygens (including phenoxy) is 2. The van der Waals surface area contributed by atoms with Gasteiger partial charge in [-0.05, 0) is 44.5 Å². The molecular formula is C26H26F3NO6S. The Bertz CT molecular complexity index is 1350. The number of nitrogens with one attached hydrogen (secondary N) is 1. The monoisotopic (exact) mass is 537 g/mol. The molecule has 0 amide bonds. The third-order valence-electron chi connectivity index (χ3n) is 5.65. The Morgan fingerprint density at radius 3 is 2.00 bits per heavy atom. The molecule has 1 aliphatic rings. The van der Waals surface area contributed by atoms with Crippen LogP contribution in [0.2, 0.25) is 0 Å². The number of alkyl halides is 3. The molecule has 11 heteroatoms. The largest absolute Gasteiger partial charge is 0.463 e. The topological polar surface area (TPSA) is 98.8 Å². The number of esters is 2. The summed E-state index contributed by atoms with van der Waals surface area (Å²) >= 11 is 0. The number of carbonyl (C=O) groups excluding carboxylic acids is 2. The number of hydrogen-bond acceptors (Lipinski definition) is 7. The summed E-state index contributed by atoms with van der Waals surface area (Å²) in [5.41, 5.74) is -2.27. The van der Waals surface area contributed by atoms with E-state index in [1.807, 2.05) is 0 Å². The van der Waals surface area contributed by atoms with Gasteiger partial charge < -0.3 is 14.8 Å². The van der Waals surface area contributed by atoms with E-state index < -0.39 is 56.3 Å². The number of dihydropyridines is 1. The van der Waals surface area contributed by atoms with Crippen molar-refractivity contribution in [1.82, 2.24) is 5.32 Å². The Morgan fingerprint density at radius 1 is 0.892 bits per heavy atom. The van der Waals surface area contributed by atoms with E-state index >= 15 is 0 Å². The molecule has 1 unspecified atom stereocenters. The van der Waals surface area contributed by atoms with Crippen LogP contribution in [-0.2, 0) is 35.1 Å². The van der Waals surface area contributed by atoms with E-state index in [9.17, 15) is 31.2 Å². The Labute approximate surface area is 212 Å². The zero-order valence-electron chi connectivity index (χ0n) is 20.4. The molecule has 0 saturated heterocycles. The molecule has 1 atom stereocenters. The van der Waals surface area contributed by atoms with Gasteiger partial charge in [0.2, 0.25) is 0 Å². The third kappa shape index (κ3) is 6.04. The zero-order valence-corrected chi connectivity index (χ0v) is 21.2. The lowest BCUT2D eigenvalue weighted by Gasteiger charge is -2.32. The van der Waals surface area contributed by atoms with Crippen LogP contribution >= 0.6 is 0 Å². The normalized spacial score (nSPS) is 16.3. The molecular weight excluding hydrogens is 511 g/mol. The third-order valence-corrected chi connectivity index (χ3v) is 7.31. The van der Waals surface area contributed by atoms with Crippen molar-refractivity contribution in [3.8, 4) is 0 Å². The van der Waals surface area contributed by atoms with Crippen molar-refractivity contribution in [2.24, 2.45) is 0 Å². The SMILES string of the molecule is CCOC(=O)C1=C(C)NC(CS(=O)(=O)c2ccccc2)=C(C(=O)OCC)C1c1ccccc1C(F)(F)F. The second kappa shape index (κ2) is 11.2. The summed E-state index contributed by atoms with van der Waals surface area (Å²) in [6.07, 6.45) is -4.83. The van der Waals surface area contributed by atoms with Crippen LogP contribution in [0.4, 0.5) is 13.2 Å². The van der Waals surface area contributed by atoms with Crippen molar-refractivity contribution in [2.75, 3.05) is 19.0 Å². The van der Waals surface area contributed by atoms with Crippen LogP contribution < -0.4 is 5.32 Å². The molecule has 3 rings (SSSR count). The molecule has 0 radical (unpaired) electrons. The van der Waals surface area contributed by atoms with Crippen molar-refractivity contribution >= 4 is 21.8 Å². The number of benzene rings is 2. The lowest BCUT2D eigenvalue weighted by Crippen LogP contribution is -2.36. The van der Waals surface area contributed by atoms with Gasteiger partial charge in [-0.2, -0.15) is 13.2 Å². The van der Waals surface area contributed by atoms with Crippen molar-refractivity contribution < 1.29 is 40.7 Å². The standard InChI is InChI=1S/C26H26F3NO6S/c1-4-35-24(31)21-16(3)30-20(15-37(33,34)17-11-7-6-8-12-17)23(25(32)36-5-2)22(21)18-13-9-10-14-19(18)26(27,28)29/h6-14,22,30H,4-5,15H2,1-3H3. The van der Waals surface area contributed by atoms with E-state index in [1.165, 1.54) is 57.2 Å². The van der Waals surface area contributed by atoms with E-state index in [4.69, 9.17) is 9.47 Å². The zero-order chi connectivity index (χ0) is 27.4. The van der Waals surface area contributed by atoms with Crippen LogP contribution in [0.3, 0.4) is 0 Å². The number of carbonyl (C=O) groups is 2. The highest BCUT2D eigenvalue weighted by molar-refractivity contribution is 7.91. The summed E-state index contributed by atoms with van der Waals surface area (Å²) in [5.74, 6) is -4.34. The Balaban J connectivity index is 2.33. The molecule has 1 aliphatic heterocycles. The van der Waals surface area contributed by atoms with Crippen molar-refractivity contribution in [2.45, 2.75) is 37.8 Å². The van der Waals surface area contributed by atoms with Gasteiger partial charge in [-0.3, -0.25) is 0 Å². The molecule has 2 aromatic carbocycles. The van der Waals surface area contributed by atoms with E-state index in [0.717, 1.165) is 12.1 Å². The van der Waals surface area contributed by atoms with Crippen LogP contribution in [0, 0.1) is 0 Å². The van der Waals surface area contributed by atoms with Crippen molar-refractivity contribution in [3.05, 3.63) is 88.3 Å². The maximum absolute atomic E-state index is 14.1. The van der Waals surface area contributed by atoms with E-state index in [-0.39, 0.29) is 35.1 Å². The first kappa shape index (κ1) is 28.0. The van der Waals surface area contributed by atoms with Crippen molar-refractivity contribution in [1.29, 1.82) is 0 Å². The quantitative estimate of drug-likeness (QED) is 0.495. The van der Waals surface area contributed by atoms with Crippen LogP contribution in [0.25, 0.3) is 0 Å². The van der Waals surface area contributed by atoms with Gasteiger partial charge in [0.1, 0.15) is 0 Å². The van der Waals surface area contributed by atoms with Gasteiger partial charge in [0.25, 0.3) is 0 Å². The first-order chi connectivity index (χ1) is 17.4. The molecule has 198 valence electrons. The lowest BCUT2D eigenvalue weighted by atomic mass is 9.78. The smallest absolute Gasteiger partial charge is 0.416 e. The minimum atomic E-state index is -4.83. The number of hydrogen-bond donors (Lipinski definition) is 1. The minimum absolute atomic E-state index is 0.0439. The van der Waals surface area contributed by atoms with Gasteiger partial charge in [-0.1, -0.05) is 36.4 Å². The van der Waals surface area contributed by atoms with Crippen LogP contribution in [0.15, 0.2) is 82.0 Å². The number of rotatable bonds is 8. The summed E-state index contributed by atoms with van der Waals surface area (Å²) in [6, 6.07) is 11.9. The van der Waals surface area contributed by atoms with E-state index in [2.05, 4.69) is 5.32 Å². The highest BCUT2D eigenvalue weighted by Crippen LogP contribution is 2.44. The molecule has 0 aromatic heterocycles. The molecule has 37 heavy (non-hydrogen) atoms. The van der Waals surface area contributed by atoms with Crippen molar-refractivity contribution in [3.63, 3.8) is 0 Å². The molecule has 0 aliphatic carbocycles. The highest BCUT2D eigenvalue weighted by Gasteiger charge is 2.44. The van der Waals surface area contributed by atoms with Gasteiger partial charge in [0.05, 0.1) is 46.5 Å². The molecule has 0 spiro atoms. The molecule has 0 fully saturated rings. The van der Waals surface area contributed by atoms with Gasteiger partial charge in [-0.25, -0.2) is 18.0 Å². The fourth-order valence-corrected chi connectivity index (χ4v) is 5.50. The number of halogens is 3. The summed E-state index contributed by atoms with van der Waals surface area (Å²) in [7, 11) is -4.05. The van der Waals surface area contributed by atoms with Crippen LogP contribution in [0.1, 0.15) is 37.8 Å². The van der Waals surface area contributed by atoms with Crippen LogP contribution in [0.5, 0.6) is 0 Å². The first-order valence-corrected chi connectivity index (χ1v) is 13.1. The van der Waals surface area contributed by atoms with Gasteiger partial charge in [-0.15, -0.1) is 0 Å². The van der Waals surface area contributed by atoms with Gasteiger partial charge in [0.15, 0.2) is 9.84 Å². The summed E-state index contributed by atoms with van der Waals surface area (Å²) in [4.78, 5) is 26.2. The summed E-state index contributed by atoms with van der Waals surface area (Å²) in [5, 5.41) is 2.78. The fourth-order valence-electron chi connectivity index (χ4n) is 4.16. The minimum Gasteiger partial charge on any atom is -0.463 e. The summed E-state index contributed by atoms with van der Waals surface area (Å²) < 4.78 is 78.9. The molecule has 0 bridgehead atoms. The number of sulfone groups is 1. The molecule has 0 saturated carbocycles. The first-order valence-electron chi connectivity index (χ1n) is 11.4. The molecule has 1 N–H and O–H groups in total. The molecule has 1 heterocycles. The molecule has 2 aromatic rings. The maximum atomic E-state index is 14.1. The van der Waals surface area contributed by atoms with E-state index in [1.54, 1.807) is 6.07 Å². The fraction of sp³-hybridized carbons (Fsp3) is 0.308. The van der Waals surface area contributed by atoms with Gasteiger partial charge >= 0.3 is 18.1 Å². The summed E-state index contributed by atoms with van der Waals surface area (Å²) in [6.45, 7) is 4.24. The Hall–Kier alpha value is -3.60. The Kier molecular flexibility index (Phi) is 8.47. The average Bonchev–Trinajstić information content (AvgIpc) is 2.83. The van der Waals surface area contributed by atoms with Gasteiger partial charge in [0, 0.05) is 11.4 Å². The molecule has 7 nitrogen and oxygen atoms in total. The maximum Gasteiger partial charge on any atom is 0.416 e. The van der Waals surface area contributed by atoms with Crippen LogP contribution in [-0.4, -0.2) is 39.3 Å². The predicted molar refractivity (Wildman–Crippen MR) is 129 cm³/mol. The highest BCUT2D eigenvalue weighted by atomic mass is 32.2. The lowest BCUT2D eigenvalue weighted by molar-refractivity contribution is -0.142.